The summed E-state index contributed by atoms with van der Waals surface area (Å²) in [6.45, 7) is 3.62. The van der Waals surface area contributed by atoms with Crippen molar-refractivity contribution in [2.75, 3.05) is 13.1 Å². The van der Waals surface area contributed by atoms with Gasteiger partial charge in [0.2, 0.25) is 0 Å². The lowest BCUT2D eigenvalue weighted by molar-refractivity contribution is 0.487. The molecule has 0 aromatic heterocycles. The molecule has 3 N–H and O–H groups in total. The largest absolute Gasteiger partial charge is 0.329 e. The number of nitrogens with one attached hydrogen (secondary N) is 1. The van der Waals surface area contributed by atoms with Crippen LogP contribution in [0, 0.1) is 17.7 Å². The Bertz CT molecular complexity index is 354. The lowest BCUT2D eigenvalue weighted by Crippen LogP contribution is -2.30. The zero-order valence-electron chi connectivity index (χ0n) is 9.62. The Hall–Kier alpha value is -0.930. The van der Waals surface area contributed by atoms with Crippen molar-refractivity contribution in [1.82, 2.24) is 5.32 Å². The summed E-state index contributed by atoms with van der Waals surface area (Å²) in [7, 11) is 0. The predicted molar refractivity (Wildman–Crippen MR) is 63.5 cm³/mol. The van der Waals surface area contributed by atoms with Crippen LogP contribution in [0.2, 0.25) is 0 Å². The average Bonchev–Trinajstić information content (AvgIpc) is 2.98. The first-order valence-electron chi connectivity index (χ1n) is 5.90. The molecule has 1 aromatic carbocycles. The molecule has 3 unspecified atom stereocenters. The SMILES string of the molecule is CC1CC1CNC(CN)c1ccccc1F. The van der Waals surface area contributed by atoms with Gasteiger partial charge in [0.1, 0.15) is 5.82 Å². The lowest BCUT2D eigenvalue weighted by Gasteiger charge is -2.17. The second-order valence-electron chi connectivity index (χ2n) is 4.69. The van der Waals surface area contributed by atoms with Crippen LogP contribution in [-0.2, 0) is 0 Å². The van der Waals surface area contributed by atoms with E-state index < -0.39 is 0 Å². The molecule has 0 saturated heterocycles. The molecule has 0 radical (unpaired) electrons. The van der Waals surface area contributed by atoms with Gasteiger partial charge in [-0.1, -0.05) is 25.1 Å². The highest BCUT2D eigenvalue weighted by atomic mass is 19.1. The minimum absolute atomic E-state index is 0.0611. The van der Waals surface area contributed by atoms with Crippen LogP contribution in [0.4, 0.5) is 4.39 Å². The molecular formula is C13H19FN2. The maximum atomic E-state index is 13.5. The summed E-state index contributed by atoms with van der Waals surface area (Å²) in [5.74, 6) is 1.39. The van der Waals surface area contributed by atoms with Gasteiger partial charge in [0.25, 0.3) is 0 Å². The van der Waals surface area contributed by atoms with Crippen LogP contribution in [0.15, 0.2) is 24.3 Å². The van der Waals surface area contributed by atoms with Crippen molar-refractivity contribution in [3.63, 3.8) is 0 Å². The Kier molecular flexibility index (Phi) is 3.56. The highest BCUT2D eigenvalue weighted by molar-refractivity contribution is 5.21. The van der Waals surface area contributed by atoms with Gasteiger partial charge in [0.05, 0.1) is 0 Å². The molecule has 1 saturated carbocycles. The Labute approximate surface area is 96.0 Å². The van der Waals surface area contributed by atoms with E-state index in [-0.39, 0.29) is 11.9 Å². The van der Waals surface area contributed by atoms with Crippen LogP contribution in [-0.4, -0.2) is 13.1 Å². The van der Waals surface area contributed by atoms with E-state index in [4.69, 9.17) is 5.73 Å². The van der Waals surface area contributed by atoms with Crippen molar-refractivity contribution in [3.8, 4) is 0 Å². The third-order valence-corrected chi connectivity index (χ3v) is 3.42. The zero-order chi connectivity index (χ0) is 11.5. The fourth-order valence-corrected chi connectivity index (χ4v) is 2.06. The van der Waals surface area contributed by atoms with Crippen LogP contribution in [0.3, 0.4) is 0 Å². The number of hydrogen-bond acceptors (Lipinski definition) is 2. The smallest absolute Gasteiger partial charge is 0.128 e. The molecule has 1 aliphatic carbocycles. The number of rotatable bonds is 5. The van der Waals surface area contributed by atoms with Gasteiger partial charge < -0.3 is 11.1 Å². The second kappa shape index (κ2) is 4.93. The van der Waals surface area contributed by atoms with Gasteiger partial charge in [0.15, 0.2) is 0 Å². The molecule has 2 nitrogen and oxygen atoms in total. The fourth-order valence-electron chi connectivity index (χ4n) is 2.06. The fraction of sp³-hybridized carbons (Fsp3) is 0.538. The summed E-state index contributed by atoms with van der Waals surface area (Å²) >= 11 is 0. The van der Waals surface area contributed by atoms with E-state index in [9.17, 15) is 4.39 Å². The molecule has 0 heterocycles. The van der Waals surface area contributed by atoms with Gasteiger partial charge in [-0.3, -0.25) is 0 Å². The zero-order valence-corrected chi connectivity index (χ0v) is 9.62. The van der Waals surface area contributed by atoms with Gasteiger partial charge in [-0.05, 0) is 30.9 Å². The van der Waals surface area contributed by atoms with E-state index in [1.807, 2.05) is 6.07 Å². The summed E-state index contributed by atoms with van der Waals surface area (Å²) < 4.78 is 13.5. The molecule has 1 fully saturated rings. The van der Waals surface area contributed by atoms with Crippen molar-refractivity contribution in [2.45, 2.75) is 19.4 Å². The normalized spacial score (nSPS) is 25.4. The van der Waals surface area contributed by atoms with Crippen molar-refractivity contribution < 1.29 is 4.39 Å². The lowest BCUT2D eigenvalue weighted by atomic mass is 10.1. The van der Waals surface area contributed by atoms with E-state index in [1.54, 1.807) is 12.1 Å². The molecule has 88 valence electrons. The van der Waals surface area contributed by atoms with Crippen LogP contribution >= 0.6 is 0 Å². The number of benzene rings is 1. The van der Waals surface area contributed by atoms with Crippen molar-refractivity contribution in [1.29, 1.82) is 0 Å². The van der Waals surface area contributed by atoms with E-state index in [0.29, 0.717) is 12.1 Å². The molecule has 0 amide bonds. The topological polar surface area (TPSA) is 38.0 Å². The first-order valence-corrected chi connectivity index (χ1v) is 5.90. The standard InChI is InChI=1S/C13H19FN2/c1-9-6-10(9)8-16-13(7-15)11-4-2-3-5-12(11)14/h2-5,9-10,13,16H,6-8,15H2,1H3. The summed E-state index contributed by atoms with van der Waals surface area (Å²) in [6, 6.07) is 6.78. The summed E-state index contributed by atoms with van der Waals surface area (Å²) in [5, 5.41) is 3.35. The quantitative estimate of drug-likeness (QED) is 0.800. The third kappa shape index (κ3) is 2.60. The summed E-state index contributed by atoms with van der Waals surface area (Å²) in [4.78, 5) is 0. The third-order valence-electron chi connectivity index (χ3n) is 3.42. The van der Waals surface area contributed by atoms with Crippen LogP contribution in [0.1, 0.15) is 24.9 Å². The van der Waals surface area contributed by atoms with Gasteiger partial charge in [-0.15, -0.1) is 0 Å². The van der Waals surface area contributed by atoms with Gasteiger partial charge in [0, 0.05) is 18.2 Å². The molecular weight excluding hydrogens is 203 g/mol. The van der Waals surface area contributed by atoms with E-state index >= 15 is 0 Å². The molecule has 0 aliphatic heterocycles. The Morgan fingerprint density at radius 2 is 2.19 bits per heavy atom. The summed E-state index contributed by atoms with van der Waals surface area (Å²) in [6.07, 6.45) is 1.28. The van der Waals surface area contributed by atoms with Crippen molar-refractivity contribution >= 4 is 0 Å². The van der Waals surface area contributed by atoms with Crippen LogP contribution in [0.25, 0.3) is 0 Å². The second-order valence-corrected chi connectivity index (χ2v) is 4.69. The number of halogens is 1. The highest BCUT2D eigenvalue weighted by Crippen LogP contribution is 2.37. The molecule has 0 bridgehead atoms. The highest BCUT2D eigenvalue weighted by Gasteiger charge is 2.32. The minimum Gasteiger partial charge on any atom is -0.329 e. The minimum atomic E-state index is -0.172. The monoisotopic (exact) mass is 222 g/mol. The molecule has 0 spiro atoms. The molecule has 16 heavy (non-hydrogen) atoms. The first kappa shape index (κ1) is 11.6. The number of hydrogen-bond donors (Lipinski definition) is 2. The van der Waals surface area contributed by atoms with E-state index in [2.05, 4.69) is 12.2 Å². The van der Waals surface area contributed by atoms with Crippen LogP contribution in [0.5, 0.6) is 0 Å². The Morgan fingerprint density at radius 1 is 1.50 bits per heavy atom. The van der Waals surface area contributed by atoms with Crippen LogP contribution < -0.4 is 11.1 Å². The molecule has 1 aromatic rings. The van der Waals surface area contributed by atoms with Crippen molar-refractivity contribution in [3.05, 3.63) is 35.6 Å². The van der Waals surface area contributed by atoms with Gasteiger partial charge in [-0.2, -0.15) is 0 Å². The maximum Gasteiger partial charge on any atom is 0.128 e. The Balaban J connectivity index is 1.96. The summed E-state index contributed by atoms with van der Waals surface area (Å²) in [5.41, 5.74) is 6.36. The first-order chi connectivity index (χ1) is 7.72. The maximum absolute atomic E-state index is 13.5. The molecule has 3 heteroatoms. The van der Waals surface area contributed by atoms with E-state index in [0.717, 1.165) is 18.4 Å². The van der Waals surface area contributed by atoms with Gasteiger partial charge >= 0.3 is 0 Å². The van der Waals surface area contributed by atoms with E-state index in [1.165, 1.54) is 12.5 Å². The molecule has 3 atom stereocenters. The number of nitrogens with two attached hydrogens (primary N) is 1. The van der Waals surface area contributed by atoms with Crippen molar-refractivity contribution in [2.24, 2.45) is 17.6 Å². The average molecular weight is 222 g/mol. The Morgan fingerprint density at radius 3 is 2.75 bits per heavy atom. The predicted octanol–water partition coefficient (Wildman–Crippen LogP) is 2.07. The van der Waals surface area contributed by atoms with Gasteiger partial charge in [-0.25, -0.2) is 4.39 Å². The molecule has 2 rings (SSSR count). The molecule has 1 aliphatic rings.